The van der Waals surface area contributed by atoms with E-state index in [2.05, 4.69) is 43.3 Å². The molecule has 3 rings (SSSR count). The van der Waals surface area contributed by atoms with E-state index in [1.165, 1.54) is 19.3 Å². The van der Waals surface area contributed by atoms with Gasteiger partial charge in [0.1, 0.15) is 6.04 Å². The Morgan fingerprint density at radius 3 is 1.92 bits per heavy atom. The van der Waals surface area contributed by atoms with Gasteiger partial charge in [-0.25, -0.2) is 4.79 Å². The molecule has 0 aromatic carbocycles. The number of ketones is 1. The number of nitrogens with zero attached hydrogens (tertiary/aromatic N) is 1. The first kappa shape index (κ1) is 47.6. The average molecular weight is 726 g/mol. The van der Waals surface area contributed by atoms with Crippen molar-refractivity contribution in [1.29, 1.82) is 0 Å². The summed E-state index contributed by atoms with van der Waals surface area (Å²) < 4.78 is 12.6. The molecule has 1 aliphatic heterocycles. The number of rotatable bonds is 11. The Morgan fingerprint density at radius 1 is 0.960 bits per heavy atom. The molecule has 2 saturated carbocycles. The van der Waals surface area contributed by atoms with Crippen molar-refractivity contribution in [3.05, 3.63) is 12.3 Å². The lowest BCUT2D eigenvalue weighted by atomic mass is 9.83. The molecule has 4 amide bonds. The quantitative estimate of drug-likeness (QED) is 0.132. The number of urea groups is 1. The third-order valence-corrected chi connectivity index (χ3v) is 11.6. The highest BCUT2D eigenvalue weighted by atomic mass is 32.2. The van der Waals surface area contributed by atoms with Crippen molar-refractivity contribution in [2.75, 3.05) is 12.3 Å². The average Bonchev–Trinajstić information content (AvgIpc) is 3.71. The van der Waals surface area contributed by atoms with Crippen molar-refractivity contribution < 1.29 is 23.4 Å². The van der Waals surface area contributed by atoms with Gasteiger partial charge in [-0.1, -0.05) is 106 Å². The van der Waals surface area contributed by atoms with Gasteiger partial charge in [0.25, 0.3) is 0 Å². The lowest BCUT2D eigenvalue weighted by Gasteiger charge is -2.41. The Morgan fingerprint density at radius 2 is 1.50 bits per heavy atom. The first-order valence-corrected chi connectivity index (χ1v) is 20.6. The van der Waals surface area contributed by atoms with Crippen LogP contribution in [-0.2, 0) is 25.2 Å². The van der Waals surface area contributed by atoms with Gasteiger partial charge >= 0.3 is 6.03 Å². The van der Waals surface area contributed by atoms with Crippen LogP contribution in [0.15, 0.2) is 12.3 Å². The second-order valence-electron chi connectivity index (χ2n) is 16.2. The fourth-order valence-electron chi connectivity index (χ4n) is 6.62. The van der Waals surface area contributed by atoms with Gasteiger partial charge in [-0.2, -0.15) is 0 Å². The molecule has 1 saturated heterocycles. The number of nitrogens with two attached hydrogens (primary N) is 1. The summed E-state index contributed by atoms with van der Waals surface area (Å²) in [6.45, 7) is 26.4. The number of likely N-dealkylation sites (tertiary alicyclic amines) is 1. The van der Waals surface area contributed by atoms with Crippen LogP contribution in [0.5, 0.6) is 0 Å². The molecule has 0 aromatic rings. The van der Waals surface area contributed by atoms with Gasteiger partial charge in [-0.05, 0) is 71.1 Å². The topological polar surface area (TPSA) is 151 Å². The number of carbonyl (C=O) groups is 4. The maximum atomic E-state index is 13.3. The number of amides is 4. The van der Waals surface area contributed by atoms with E-state index in [1.807, 2.05) is 60.3 Å². The molecular formula is C39H75N5O5S. The Kier molecular flexibility index (Phi) is 22.1. The van der Waals surface area contributed by atoms with Gasteiger partial charge in [0.15, 0.2) is 5.78 Å². The third kappa shape index (κ3) is 16.7. The largest absolute Gasteiger partial charge is 0.396 e. The van der Waals surface area contributed by atoms with Crippen molar-refractivity contribution in [3.8, 4) is 0 Å². The first-order valence-electron chi connectivity index (χ1n) is 19.3. The summed E-state index contributed by atoms with van der Waals surface area (Å²) in [5, 5.41) is 8.70. The Bertz CT molecular complexity index is 1070. The van der Waals surface area contributed by atoms with E-state index in [-0.39, 0.29) is 34.2 Å². The van der Waals surface area contributed by atoms with E-state index in [9.17, 15) is 23.4 Å². The smallest absolute Gasteiger partial charge is 0.315 e. The van der Waals surface area contributed by atoms with Gasteiger partial charge in [0.2, 0.25) is 12.3 Å². The molecule has 0 aromatic heterocycles. The monoisotopic (exact) mass is 726 g/mol. The van der Waals surface area contributed by atoms with Gasteiger partial charge in [-0.15, -0.1) is 0 Å². The van der Waals surface area contributed by atoms with Crippen molar-refractivity contribution in [1.82, 2.24) is 20.9 Å². The lowest BCUT2D eigenvalue weighted by Crippen LogP contribution is -2.62. The molecular weight excluding hydrogens is 651 g/mol. The molecule has 4 atom stereocenters. The summed E-state index contributed by atoms with van der Waals surface area (Å²) in [5.41, 5.74) is 4.50. The van der Waals surface area contributed by atoms with Crippen molar-refractivity contribution in [3.63, 3.8) is 0 Å². The van der Waals surface area contributed by atoms with E-state index in [1.54, 1.807) is 0 Å². The van der Waals surface area contributed by atoms with Crippen LogP contribution in [0.2, 0.25) is 0 Å². The van der Waals surface area contributed by atoms with E-state index in [0.717, 1.165) is 64.3 Å². The maximum Gasteiger partial charge on any atom is 0.315 e. The molecule has 0 radical (unpaired) electrons. The first-order chi connectivity index (χ1) is 23.3. The predicted octanol–water partition coefficient (Wildman–Crippen LogP) is 7.13. The lowest BCUT2D eigenvalue weighted by molar-refractivity contribution is -0.136. The SMILES string of the molecule is C=C(N)C(=O)C(CC1CCCC1)NC=O.CC.CC1CCCN1C(=O)C(NC(=O)NC1(CS(=O)C(C)(C)C)CCCCC1)C(C)(C)C.CCC. The minimum atomic E-state index is -1.05. The van der Waals surface area contributed by atoms with Crippen LogP contribution in [0.25, 0.3) is 0 Å². The molecule has 11 heteroatoms. The second kappa shape index (κ2) is 23.2. The van der Waals surface area contributed by atoms with Crippen LogP contribution in [0.3, 0.4) is 0 Å². The zero-order valence-corrected chi connectivity index (χ0v) is 34.5. The minimum Gasteiger partial charge on any atom is -0.396 e. The fourth-order valence-corrected chi connectivity index (χ4v) is 7.92. The van der Waals surface area contributed by atoms with E-state index in [0.29, 0.717) is 24.5 Å². The summed E-state index contributed by atoms with van der Waals surface area (Å²) in [7, 11) is -1.05. The Hall–Kier alpha value is -2.43. The summed E-state index contributed by atoms with van der Waals surface area (Å²) in [6, 6.07) is -1.18. The molecule has 3 fully saturated rings. The third-order valence-electron chi connectivity index (χ3n) is 9.45. The van der Waals surface area contributed by atoms with Crippen LogP contribution in [-0.4, -0.2) is 73.9 Å². The molecule has 3 aliphatic rings. The van der Waals surface area contributed by atoms with Crippen LogP contribution < -0.4 is 21.7 Å². The maximum absolute atomic E-state index is 13.3. The van der Waals surface area contributed by atoms with E-state index in [4.69, 9.17) is 5.73 Å². The van der Waals surface area contributed by atoms with Crippen LogP contribution >= 0.6 is 0 Å². The van der Waals surface area contributed by atoms with Crippen molar-refractivity contribution in [2.24, 2.45) is 17.1 Å². The van der Waals surface area contributed by atoms with Crippen molar-refractivity contribution in [2.45, 2.75) is 188 Å². The summed E-state index contributed by atoms with van der Waals surface area (Å²) in [5.74, 6) is 0.736. The van der Waals surface area contributed by atoms with E-state index >= 15 is 0 Å². The highest BCUT2D eigenvalue weighted by molar-refractivity contribution is 7.86. The Balaban J connectivity index is 0.00000100. The number of nitrogens with one attached hydrogen (secondary N) is 3. The molecule has 0 bridgehead atoms. The molecule has 2 aliphatic carbocycles. The molecule has 4 unspecified atom stereocenters. The summed E-state index contributed by atoms with van der Waals surface area (Å²) in [6.07, 6.45) is 14.1. The molecule has 10 nitrogen and oxygen atoms in total. The molecule has 1 heterocycles. The predicted molar refractivity (Wildman–Crippen MR) is 209 cm³/mol. The molecule has 50 heavy (non-hydrogen) atoms. The van der Waals surface area contributed by atoms with Gasteiger partial charge in [-0.3, -0.25) is 18.6 Å². The minimum absolute atomic E-state index is 0.00129. The van der Waals surface area contributed by atoms with Gasteiger partial charge in [0.05, 0.1) is 17.3 Å². The normalized spacial score (nSPS) is 20.5. The highest BCUT2D eigenvalue weighted by Gasteiger charge is 2.42. The van der Waals surface area contributed by atoms with E-state index < -0.39 is 33.8 Å². The molecule has 0 spiro atoms. The molecule has 292 valence electrons. The summed E-state index contributed by atoms with van der Waals surface area (Å²) >= 11 is 0. The summed E-state index contributed by atoms with van der Waals surface area (Å²) in [4.78, 5) is 50.2. The number of hydrogen-bond donors (Lipinski definition) is 4. The van der Waals surface area contributed by atoms with Crippen LogP contribution in [0.4, 0.5) is 4.79 Å². The fraction of sp³-hybridized carbons (Fsp3) is 0.846. The van der Waals surface area contributed by atoms with Crippen LogP contribution in [0.1, 0.15) is 160 Å². The highest BCUT2D eigenvalue weighted by Crippen LogP contribution is 2.32. The standard InChI is InChI=1S/C23H43N3O3S.C11H18N2O2.C3H8.C2H6/c1-17-12-11-15-26(17)19(27)18(21(2,3)4)24-20(28)25-23(13-9-8-10-14-23)16-30(29)22(5,6)7;1-8(12)11(15)10(13-7-14)6-9-4-2-3-5-9;1-3-2;1-2/h17-18H,8-16H2,1-7H3,(H2,24,25,28);7,9-10H,1-6,12H2,(H,13,14);3H2,1-2H3;1-2H3. The second-order valence-corrected chi connectivity index (χ2v) is 18.4. The van der Waals surface area contributed by atoms with Gasteiger partial charge < -0.3 is 26.6 Å². The zero-order valence-electron chi connectivity index (χ0n) is 33.7. The van der Waals surface area contributed by atoms with Crippen molar-refractivity contribution >= 4 is 34.9 Å². The van der Waals surface area contributed by atoms with Gasteiger partial charge in [0, 0.05) is 33.9 Å². The number of hydrogen-bond acceptors (Lipinski definition) is 6. The Labute approximate surface area is 308 Å². The zero-order chi connectivity index (χ0) is 38.7. The van der Waals surface area contributed by atoms with Crippen LogP contribution in [0, 0.1) is 11.3 Å². The molecule has 5 N–H and O–H groups in total. The number of carbonyl (C=O) groups excluding carboxylic acids is 4. The number of Topliss-reactive ketones (excluding diaryl/α,β-unsaturated/α-hetero) is 1.